The molecule has 0 heterocycles. The molecule has 0 unspecified atom stereocenters. The number of methoxy groups -OCH3 is 1. The van der Waals surface area contributed by atoms with Crippen LogP contribution in [0.2, 0.25) is 0 Å². The summed E-state index contributed by atoms with van der Waals surface area (Å²) in [4.78, 5) is 11.5. The topological polar surface area (TPSA) is 56.8 Å². The molecule has 0 fully saturated rings. The highest BCUT2D eigenvalue weighted by molar-refractivity contribution is 5.77. The number of ether oxygens (including phenoxy) is 3. The molecule has 0 bridgehead atoms. The van der Waals surface area contributed by atoms with E-state index in [9.17, 15) is 4.79 Å². The minimum absolute atomic E-state index is 0.0287. The molecule has 0 atom stereocenters. The summed E-state index contributed by atoms with van der Waals surface area (Å²) in [5.41, 5.74) is 1.03. The monoisotopic (exact) mass is 329 g/mol. The van der Waals surface area contributed by atoms with Gasteiger partial charge in [-0.25, -0.2) is 0 Å². The number of rotatable bonds is 9. The number of terminal acetylenes is 1. The van der Waals surface area contributed by atoms with Crippen LogP contribution < -0.4 is 14.8 Å². The largest absolute Gasteiger partial charge is 0.493 e. The average Bonchev–Trinajstić information content (AvgIpc) is 2.59. The summed E-state index contributed by atoms with van der Waals surface area (Å²) in [5, 5.41) is 2.77. The molecule has 0 spiro atoms. The van der Waals surface area contributed by atoms with Gasteiger partial charge in [0.05, 0.1) is 7.11 Å². The lowest BCUT2D eigenvalue weighted by atomic mass is 10.1. The van der Waals surface area contributed by atoms with Crippen LogP contribution in [0.15, 0.2) is 18.2 Å². The van der Waals surface area contributed by atoms with E-state index < -0.39 is 0 Å². The Morgan fingerprint density at radius 3 is 2.79 bits per heavy atom. The first-order valence-corrected chi connectivity index (χ1v) is 7.74. The predicted octanol–water partition coefficient (Wildman–Crippen LogP) is 1.80. The van der Waals surface area contributed by atoms with Crippen LogP contribution in [0, 0.1) is 24.2 Å². The summed E-state index contributed by atoms with van der Waals surface area (Å²) in [5.74, 6) is 9.28. The van der Waals surface area contributed by atoms with Gasteiger partial charge in [-0.3, -0.25) is 4.79 Å². The Hall–Kier alpha value is -2.63. The van der Waals surface area contributed by atoms with Gasteiger partial charge < -0.3 is 19.5 Å². The molecular formula is C19H23NO4. The lowest BCUT2D eigenvalue weighted by Crippen LogP contribution is -2.29. The van der Waals surface area contributed by atoms with E-state index in [0.717, 1.165) is 12.0 Å². The first-order valence-electron chi connectivity index (χ1n) is 7.74. The maximum atomic E-state index is 11.5. The van der Waals surface area contributed by atoms with Crippen molar-refractivity contribution in [1.82, 2.24) is 5.32 Å². The molecule has 0 aliphatic carbocycles. The SMILES string of the molecule is C#CCOCC(=O)NCCc1ccc(OCC#CCC)c(OC)c1. The van der Waals surface area contributed by atoms with Gasteiger partial charge in [0.2, 0.25) is 5.91 Å². The molecule has 0 saturated heterocycles. The summed E-state index contributed by atoms with van der Waals surface area (Å²) >= 11 is 0. The minimum atomic E-state index is -0.188. The van der Waals surface area contributed by atoms with E-state index in [1.807, 2.05) is 25.1 Å². The number of carbonyl (C=O) groups excluding carboxylic acids is 1. The molecule has 1 rings (SSSR count). The van der Waals surface area contributed by atoms with Crippen molar-refractivity contribution in [1.29, 1.82) is 0 Å². The second kappa shape index (κ2) is 11.9. The van der Waals surface area contributed by atoms with E-state index in [4.69, 9.17) is 20.6 Å². The molecule has 0 radical (unpaired) electrons. The molecule has 1 aromatic rings. The van der Waals surface area contributed by atoms with Gasteiger partial charge in [-0.1, -0.05) is 24.8 Å². The summed E-state index contributed by atoms with van der Waals surface area (Å²) in [6.45, 7) is 2.93. The molecule has 0 aliphatic rings. The summed E-state index contributed by atoms with van der Waals surface area (Å²) < 4.78 is 15.9. The summed E-state index contributed by atoms with van der Waals surface area (Å²) in [7, 11) is 1.59. The van der Waals surface area contributed by atoms with Crippen LogP contribution in [0.3, 0.4) is 0 Å². The van der Waals surface area contributed by atoms with E-state index in [-0.39, 0.29) is 19.1 Å². The number of hydrogen-bond donors (Lipinski definition) is 1. The van der Waals surface area contributed by atoms with Gasteiger partial charge >= 0.3 is 0 Å². The number of amides is 1. The third-order valence-electron chi connectivity index (χ3n) is 2.98. The zero-order valence-electron chi connectivity index (χ0n) is 14.2. The Labute approximate surface area is 143 Å². The van der Waals surface area contributed by atoms with Crippen LogP contribution in [-0.4, -0.2) is 39.4 Å². The molecular weight excluding hydrogens is 306 g/mol. The molecule has 1 N–H and O–H groups in total. The lowest BCUT2D eigenvalue weighted by Gasteiger charge is -2.11. The van der Waals surface area contributed by atoms with Crippen LogP contribution in [0.5, 0.6) is 11.5 Å². The van der Waals surface area contributed by atoms with Gasteiger partial charge in [0.25, 0.3) is 0 Å². The first-order chi connectivity index (χ1) is 11.7. The lowest BCUT2D eigenvalue weighted by molar-refractivity contribution is -0.125. The Kier molecular flexibility index (Phi) is 9.61. The van der Waals surface area contributed by atoms with Gasteiger partial charge in [0.15, 0.2) is 11.5 Å². The van der Waals surface area contributed by atoms with Gasteiger partial charge in [-0.15, -0.1) is 12.3 Å². The molecule has 0 aliphatic heterocycles. The van der Waals surface area contributed by atoms with Crippen LogP contribution >= 0.6 is 0 Å². The van der Waals surface area contributed by atoms with E-state index in [1.165, 1.54) is 0 Å². The van der Waals surface area contributed by atoms with Crippen LogP contribution in [0.25, 0.3) is 0 Å². The second-order valence-corrected chi connectivity index (χ2v) is 4.78. The maximum absolute atomic E-state index is 11.5. The fourth-order valence-electron chi connectivity index (χ4n) is 1.88. The number of nitrogens with one attached hydrogen (secondary N) is 1. The highest BCUT2D eigenvalue weighted by Crippen LogP contribution is 2.28. The van der Waals surface area contributed by atoms with Crippen molar-refractivity contribution in [3.8, 4) is 35.7 Å². The molecule has 5 heteroatoms. The zero-order chi connectivity index (χ0) is 17.6. The average molecular weight is 329 g/mol. The van der Waals surface area contributed by atoms with Crippen molar-refractivity contribution >= 4 is 5.91 Å². The maximum Gasteiger partial charge on any atom is 0.246 e. The molecule has 128 valence electrons. The van der Waals surface area contributed by atoms with Crippen LogP contribution in [-0.2, 0) is 16.0 Å². The van der Waals surface area contributed by atoms with E-state index in [1.54, 1.807) is 7.11 Å². The van der Waals surface area contributed by atoms with Crippen molar-refractivity contribution in [3.63, 3.8) is 0 Å². The summed E-state index contributed by atoms with van der Waals surface area (Å²) in [6.07, 6.45) is 6.52. The highest BCUT2D eigenvalue weighted by Gasteiger charge is 2.06. The van der Waals surface area contributed by atoms with Crippen molar-refractivity contribution in [2.75, 3.05) is 33.5 Å². The fraction of sp³-hybridized carbons (Fsp3) is 0.421. The van der Waals surface area contributed by atoms with Crippen LogP contribution in [0.1, 0.15) is 18.9 Å². The second-order valence-electron chi connectivity index (χ2n) is 4.78. The standard InChI is InChI=1S/C19H23NO4/c1-4-6-7-13-24-17-9-8-16(14-18(17)22-3)10-11-20-19(21)15-23-12-5-2/h2,8-9,14H,4,10-13,15H2,1,3H3,(H,20,21). The highest BCUT2D eigenvalue weighted by atomic mass is 16.5. The van der Waals surface area contributed by atoms with Crippen molar-refractivity contribution in [2.45, 2.75) is 19.8 Å². The Bertz CT molecular complexity index is 622. The molecule has 0 saturated carbocycles. The molecule has 5 nitrogen and oxygen atoms in total. The predicted molar refractivity (Wildman–Crippen MR) is 92.9 cm³/mol. The van der Waals surface area contributed by atoms with Crippen molar-refractivity contribution in [2.24, 2.45) is 0 Å². The third-order valence-corrected chi connectivity index (χ3v) is 2.98. The van der Waals surface area contributed by atoms with E-state index in [2.05, 4.69) is 23.1 Å². The Morgan fingerprint density at radius 1 is 1.25 bits per heavy atom. The molecule has 1 amide bonds. The molecule has 24 heavy (non-hydrogen) atoms. The number of benzene rings is 1. The molecule has 1 aromatic carbocycles. The fourth-order valence-corrected chi connectivity index (χ4v) is 1.88. The number of carbonyl (C=O) groups is 1. The van der Waals surface area contributed by atoms with Gasteiger partial charge in [-0.05, 0) is 24.1 Å². The first kappa shape index (κ1) is 19.4. The van der Waals surface area contributed by atoms with E-state index in [0.29, 0.717) is 31.1 Å². The molecule has 0 aromatic heterocycles. The van der Waals surface area contributed by atoms with Gasteiger partial charge in [-0.2, -0.15) is 0 Å². The van der Waals surface area contributed by atoms with Crippen molar-refractivity contribution < 1.29 is 19.0 Å². The third kappa shape index (κ3) is 7.58. The number of hydrogen-bond acceptors (Lipinski definition) is 4. The minimum Gasteiger partial charge on any atom is -0.493 e. The summed E-state index contributed by atoms with van der Waals surface area (Å²) in [6, 6.07) is 5.68. The normalized spacial score (nSPS) is 9.38. The quantitative estimate of drug-likeness (QED) is 0.554. The Balaban J connectivity index is 2.46. The van der Waals surface area contributed by atoms with E-state index >= 15 is 0 Å². The van der Waals surface area contributed by atoms with Gasteiger partial charge in [0.1, 0.15) is 19.8 Å². The smallest absolute Gasteiger partial charge is 0.246 e. The zero-order valence-corrected chi connectivity index (χ0v) is 14.2. The van der Waals surface area contributed by atoms with Crippen LogP contribution in [0.4, 0.5) is 0 Å². The Morgan fingerprint density at radius 2 is 2.08 bits per heavy atom. The van der Waals surface area contributed by atoms with Crippen molar-refractivity contribution in [3.05, 3.63) is 23.8 Å². The van der Waals surface area contributed by atoms with Gasteiger partial charge in [0, 0.05) is 13.0 Å².